The number of methoxy groups -OCH3 is 1. The lowest BCUT2D eigenvalue weighted by molar-refractivity contribution is 0.148. The van der Waals surface area contributed by atoms with E-state index < -0.39 is 6.09 Å². The number of hydrogen-bond donors (Lipinski definition) is 0. The summed E-state index contributed by atoms with van der Waals surface area (Å²) in [6.45, 7) is 4.30. The summed E-state index contributed by atoms with van der Waals surface area (Å²) >= 11 is 0. The number of ether oxygens (including phenoxy) is 2. The minimum absolute atomic E-state index is 0.240. The zero-order chi connectivity index (χ0) is 15.8. The Bertz CT molecular complexity index is 608. The average Bonchev–Trinajstić information content (AvgIpc) is 2.58. The first-order valence-electron chi connectivity index (χ1n) is 6.97. The van der Waals surface area contributed by atoms with E-state index in [-0.39, 0.29) is 6.61 Å². The third-order valence-corrected chi connectivity index (χ3v) is 3.12. The number of anilines is 1. The van der Waals surface area contributed by atoms with Gasteiger partial charge in [0.25, 0.3) is 0 Å². The molecule has 0 spiro atoms. The maximum Gasteiger partial charge on any atom is 0.414 e. The Morgan fingerprint density at radius 2 is 1.82 bits per heavy atom. The number of rotatable bonds is 6. The molecule has 114 valence electrons. The van der Waals surface area contributed by atoms with Crippen molar-refractivity contribution in [2.75, 3.05) is 18.6 Å². The summed E-state index contributed by atoms with van der Waals surface area (Å²) in [6.07, 6.45) is 1.25. The molecular weight excluding hydrogens is 278 g/mol. The highest BCUT2D eigenvalue weighted by atomic mass is 16.6. The Kier molecular flexibility index (Phi) is 5.60. The molecule has 4 nitrogen and oxygen atoms in total. The fourth-order valence-electron chi connectivity index (χ4n) is 1.97. The molecule has 2 rings (SSSR count). The van der Waals surface area contributed by atoms with Gasteiger partial charge < -0.3 is 9.47 Å². The maximum absolute atomic E-state index is 12.3. The Balaban J connectivity index is 2.05. The monoisotopic (exact) mass is 297 g/mol. The van der Waals surface area contributed by atoms with Crippen LogP contribution in [-0.4, -0.2) is 19.7 Å². The number of benzene rings is 2. The van der Waals surface area contributed by atoms with E-state index in [2.05, 4.69) is 6.58 Å². The summed E-state index contributed by atoms with van der Waals surface area (Å²) in [5, 5.41) is 0. The van der Waals surface area contributed by atoms with E-state index in [1.807, 2.05) is 42.5 Å². The van der Waals surface area contributed by atoms with E-state index in [1.54, 1.807) is 25.3 Å². The molecule has 4 heteroatoms. The molecule has 0 aromatic heterocycles. The number of hydrogen-bond acceptors (Lipinski definition) is 3. The van der Waals surface area contributed by atoms with Crippen LogP contribution in [0.15, 0.2) is 67.3 Å². The van der Waals surface area contributed by atoms with Crippen LogP contribution in [0, 0.1) is 0 Å². The van der Waals surface area contributed by atoms with Crippen LogP contribution in [0.4, 0.5) is 10.5 Å². The Morgan fingerprint density at radius 3 is 2.41 bits per heavy atom. The lowest BCUT2D eigenvalue weighted by Gasteiger charge is -2.21. The molecule has 0 bridgehead atoms. The van der Waals surface area contributed by atoms with Crippen molar-refractivity contribution in [3.05, 3.63) is 72.8 Å². The molecule has 0 fully saturated rings. The second-order valence-electron chi connectivity index (χ2n) is 4.64. The van der Waals surface area contributed by atoms with Crippen LogP contribution >= 0.6 is 0 Å². The fourth-order valence-corrected chi connectivity index (χ4v) is 1.97. The highest BCUT2D eigenvalue weighted by Gasteiger charge is 2.16. The van der Waals surface area contributed by atoms with E-state index in [0.29, 0.717) is 6.54 Å². The van der Waals surface area contributed by atoms with Gasteiger partial charge in [0, 0.05) is 12.2 Å². The van der Waals surface area contributed by atoms with Gasteiger partial charge in [0.2, 0.25) is 0 Å². The summed E-state index contributed by atoms with van der Waals surface area (Å²) in [7, 11) is 1.60. The van der Waals surface area contributed by atoms with Crippen molar-refractivity contribution in [3.8, 4) is 5.75 Å². The predicted octanol–water partition coefficient (Wildman–Crippen LogP) is 4.02. The van der Waals surface area contributed by atoms with Crippen LogP contribution in [0.5, 0.6) is 5.75 Å². The molecule has 1 amide bonds. The van der Waals surface area contributed by atoms with Crippen molar-refractivity contribution in [3.63, 3.8) is 0 Å². The van der Waals surface area contributed by atoms with Crippen molar-refractivity contribution >= 4 is 11.8 Å². The average molecular weight is 297 g/mol. The molecular formula is C18H19NO3. The van der Waals surface area contributed by atoms with Crippen molar-refractivity contribution in [2.45, 2.75) is 6.61 Å². The van der Waals surface area contributed by atoms with Gasteiger partial charge in [0.15, 0.2) is 0 Å². The highest BCUT2D eigenvalue weighted by molar-refractivity contribution is 5.88. The number of carbonyl (C=O) groups is 1. The molecule has 0 N–H and O–H groups in total. The third-order valence-electron chi connectivity index (χ3n) is 3.12. The van der Waals surface area contributed by atoms with Crippen LogP contribution in [0.2, 0.25) is 0 Å². The Labute approximate surface area is 130 Å². The van der Waals surface area contributed by atoms with Gasteiger partial charge in [0.1, 0.15) is 12.4 Å². The predicted molar refractivity (Wildman–Crippen MR) is 87.2 cm³/mol. The van der Waals surface area contributed by atoms with Gasteiger partial charge in [-0.1, -0.05) is 36.4 Å². The van der Waals surface area contributed by atoms with Crippen LogP contribution < -0.4 is 9.64 Å². The Hall–Kier alpha value is -2.75. The molecule has 22 heavy (non-hydrogen) atoms. The lowest BCUT2D eigenvalue weighted by Crippen LogP contribution is -2.31. The number of nitrogens with zero attached hydrogens (tertiary/aromatic N) is 1. The largest absolute Gasteiger partial charge is 0.497 e. The first kappa shape index (κ1) is 15.6. The van der Waals surface area contributed by atoms with Gasteiger partial charge >= 0.3 is 6.09 Å². The van der Waals surface area contributed by atoms with Crippen LogP contribution in [-0.2, 0) is 11.3 Å². The SMILES string of the molecule is C=CCN(C(=O)OCc1ccccc1)c1ccc(OC)cc1. The minimum Gasteiger partial charge on any atom is -0.497 e. The van der Waals surface area contributed by atoms with Gasteiger partial charge in [-0.15, -0.1) is 6.58 Å². The third kappa shape index (κ3) is 4.12. The minimum atomic E-state index is -0.408. The van der Waals surface area contributed by atoms with Crippen LogP contribution in [0.25, 0.3) is 0 Å². The van der Waals surface area contributed by atoms with Gasteiger partial charge in [-0.3, -0.25) is 4.90 Å². The molecule has 2 aromatic rings. The molecule has 0 atom stereocenters. The molecule has 0 aliphatic carbocycles. The van der Waals surface area contributed by atoms with E-state index in [0.717, 1.165) is 17.0 Å². The molecule has 2 aromatic carbocycles. The first-order chi connectivity index (χ1) is 10.7. The molecule has 0 unspecified atom stereocenters. The first-order valence-corrected chi connectivity index (χ1v) is 6.97. The topological polar surface area (TPSA) is 38.8 Å². The van der Waals surface area contributed by atoms with Crippen LogP contribution in [0.3, 0.4) is 0 Å². The van der Waals surface area contributed by atoms with E-state index in [4.69, 9.17) is 9.47 Å². The van der Waals surface area contributed by atoms with E-state index in [9.17, 15) is 4.79 Å². The van der Waals surface area contributed by atoms with Crippen molar-refractivity contribution in [1.29, 1.82) is 0 Å². The Morgan fingerprint density at radius 1 is 1.14 bits per heavy atom. The molecule has 0 radical (unpaired) electrons. The fraction of sp³-hybridized carbons (Fsp3) is 0.167. The van der Waals surface area contributed by atoms with Gasteiger partial charge in [-0.25, -0.2) is 4.79 Å². The maximum atomic E-state index is 12.3. The van der Waals surface area contributed by atoms with E-state index >= 15 is 0 Å². The quantitative estimate of drug-likeness (QED) is 0.756. The molecule has 0 saturated heterocycles. The number of amides is 1. The zero-order valence-corrected chi connectivity index (χ0v) is 12.6. The molecule has 0 aliphatic heterocycles. The molecule has 0 aliphatic rings. The zero-order valence-electron chi connectivity index (χ0n) is 12.6. The lowest BCUT2D eigenvalue weighted by atomic mass is 10.2. The second-order valence-corrected chi connectivity index (χ2v) is 4.64. The smallest absolute Gasteiger partial charge is 0.414 e. The molecule has 0 heterocycles. The standard InChI is InChI=1S/C18H19NO3/c1-3-13-19(16-9-11-17(21-2)12-10-16)18(20)22-14-15-7-5-4-6-8-15/h3-12H,1,13-14H2,2H3. The molecule has 0 saturated carbocycles. The summed E-state index contributed by atoms with van der Waals surface area (Å²) in [5.41, 5.74) is 1.68. The van der Waals surface area contributed by atoms with Gasteiger partial charge in [0.05, 0.1) is 7.11 Å². The summed E-state index contributed by atoms with van der Waals surface area (Å²) in [6, 6.07) is 16.8. The van der Waals surface area contributed by atoms with Crippen molar-refractivity contribution < 1.29 is 14.3 Å². The van der Waals surface area contributed by atoms with Gasteiger partial charge in [-0.2, -0.15) is 0 Å². The van der Waals surface area contributed by atoms with Crippen LogP contribution in [0.1, 0.15) is 5.56 Å². The van der Waals surface area contributed by atoms with Crippen molar-refractivity contribution in [2.24, 2.45) is 0 Å². The van der Waals surface area contributed by atoms with Crippen molar-refractivity contribution in [1.82, 2.24) is 0 Å². The normalized spacial score (nSPS) is 9.86. The number of carbonyl (C=O) groups excluding carboxylic acids is 1. The highest BCUT2D eigenvalue weighted by Crippen LogP contribution is 2.20. The second kappa shape index (κ2) is 7.88. The summed E-state index contributed by atoms with van der Waals surface area (Å²) in [4.78, 5) is 13.8. The van der Waals surface area contributed by atoms with E-state index in [1.165, 1.54) is 4.90 Å². The summed E-state index contributed by atoms with van der Waals surface area (Å²) < 4.78 is 10.5. The summed E-state index contributed by atoms with van der Waals surface area (Å²) in [5.74, 6) is 0.736. The van der Waals surface area contributed by atoms with Gasteiger partial charge in [-0.05, 0) is 29.8 Å².